The molecule has 0 radical (unpaired) electrons. The van der Waals surface area contributed by atoms with Crippen LogP contribution in [0.3, 0.4) is 0 Å². The molecule has 0 bridgehead atoms. The first kappa shape index (κ1) is 22.3. The summed E-state index contributed by atoms with van der Waals surface area (Å²) in [5, 5.41) is 13.6. The van der Waals surface area contributed by atoms with E-state index >= 15 is 0 Å². The van der Waals surface area contributed by atoms with Crippen LogP contribution >= 0.6 is 19.5 Å². The summed E-state index contributed by atoms with van der Waals surface area (Å²) < 4.78 is 24.4. The Hall–Kier alpha value is -2.35. The van der Waals surface area contributed by atoms with Crippen molar-refractivity contribution >= 4 is 30.3 Å². The lowest BCUT2D eigenvalue weighted by Crippen LogP contribution is -2.25. The second-order valence-electron chi connectivity index (χ2n) is 6.83. The van der Waals surface area contributed by atoms with Crippen LogP contribution in [0.25, 0.3) is 0 Å². The third kappa shape index (κ3) is 6.86. The molecular weight excluding hydrogens is 427 g/mol. The predicted octanol–water partition coefficient (Wildman–Crippen LogP) is 5.34. The Morgan fingerprint density at radius 3 is 2.23 bits per heavy atom. The molecule has 1 unspecified atom stereocenters. The van der Waals surface area contributed by atoms with E-state index in [2.05, 4.69) is 5.09 Å². The van der Waals surface area contributed by atoms with Gasteiger partial charge in [-0.2, -0.15) is 5.09 Å². The summed E-state index contributed by atoms with van der Waals surface area (Å²) >= 11 is 1.27. The molecule has 1 aliphatic rings. The molecule has 0 aromatic heterocycles. The zero-order chi connectivity index (χ0) is 21.4. The second-order valence-corrected chi connectivity index (χ2v) is 9.86. The van der Waals surface area contributed by atoms with E-state index in [1.807, 2.05) is 0 Å². The van der Waals surface area contributed by atoms with Gasteiger partial charge >= 0.3 is 7.75 Å². The summed E-state index contributed by atoms with van der Waals surface area (Å²) in [6.07, 6.45) is 5.46. The van der Waals surface area contributed by atoms with Gasteiger partial charge in [-0.05, 0) is 37.1 Å². The molecule has 0 spiro atoms. The zero-order valence-corrected chi connectivity index (χ0v) is 18.0. The average molecular weight is 450 g/mol. The molecule has 0 heterocycles. The molecule has 10 heteroatoms. The summed E-state index contributed by atoms with van der Waals surface area (Å²) in [6, 6.07) is 13.6. The molecule has 1 fully saturated rings. The van der Waals surface area contributed by atoms with Crippen molar-refractivity contribution in [1.82, 2.24) is 5.09 Å². The third-order valence-corrected chi connectivity index (χ3v) is 7.17. The Labute approximate surface area is 179 Å². The van der Waals surface area contributed by atoms with Gasteiger partial charge in [-0.3, -0.25) is 14.9 Å². The van der Waals surface area contributed by atoms with Gasteiger partial charge in [0, 0.05) is 17.4 Å². The van der Waals surface area contributed by atoms with Gasteiger partial charge in [0.2, 0.25) is 5.12 Å². The lowest BCUT2D eigenvalue weighted by atomic mass is 10.0. The molecule has 1 atom stereocenters. The zero-order valence-electron chi connectivity index (χ0n) is 16.3. The fourth-order valence-corrected chi connectivity index (χ4v) is 5.55. The quantitative estimate of drug-likeness (QED) is 0.310. The monoisotopic (exact) mass is 450 g/mol. The first-order valence-electron chi connectivity index (χ1n) is 9.67. The Morgan fingerprint density at radius 2 is 1.63 bits per heavy atom. The van der Waals surface area contributed by atoms with Gasteiger partial charge in [-0.15, -0.1) is 0 Å². The van der Waals surface area contributed by atoms with Crippen molar-refractivity contribution in [2.75, 3.05) is 6.54 Å². The number of para-hydroxylation sites is 1. The van der Waals surface area contributed by atoms with E-state index in [0.717, 1.165) is 25.7 Å². The van der Waals surface area contributed by atoms with E-state index in [0.29, 0.717) is 5.75 Å². The van der Waals surface area contributed by atoms with E-state index in [4.69, 9.17) is 9.05 Å². The van der Waals surface area contributed by atoms with E-state index in [1.54, 1.807) is 30.3 Å². The number of thioether (sulfide) groups is 1. The molecule has 1 N–H and O–H groups in total. The van der Waals surface area contributed by atoms with Gasteiger partial charge < -0.3 is 9.05 Å². The Bertz CT molecular complexity index is 903. The lowest BCUT2D eigenvalue weighted by molar-refractivity contribution is -0.384. The van der Waals surface area contributed by atoms with Crippen LogP contribution in [0.15, 0.2) is 54.6 Å². The molecule has 3 rings (SSSR count). The minimum absolute atomic E-state index is 0.117. The predicted molar refractivity (Wildman–Crippen MR) is 116 cm³/mol. The summed E-state index contributed by atoms with van der Waals surface area (Å²) in [6.45, 7) is -0.182. The topological polar surface area (TPSA) is 108 Å². The molecule has 2 aromatic carbocycles. The molecule has 0 amide bonds. The highest BCUT2D eigenvalue weighted by Gasteiger charge is 2.30. The average Bonchev–Trinajstić information content (AvgIpc) is 2.74. The number of carbonyl (C=O) groups excluding carboxylic acids is 1. The van der Waals surface area contributed by atoms with Crippen molar-refractivity contribution < 1.29 is 23.3 Å². The SMILES string of the molecule is O=C(CNP(=O)(Oc1ccccc1)Oc1ccc([N+](=O)[O-])cc1)SC1CCCCC1. The number of hydrogen-bond donors (Lipinski definition) is 1. The van der Waals surface area contributed by atoms with Crippen LogP contribution < -0.4 is 14.1 Å². The summed E-state index contributed by atoms with van der Waals surface area (Å²) in [5.41, 5.74) is -0.117. The molecule has 1 aliphatic carbocycles. The minimum atomic E-state index is -3.96. The molecular formula is C20H23N2O6PS. The first-order chi connectivity index (χ1) is 14.4. The van der Waals surface area contributed by atoms with Crippen molar-refractivity contribution in [3.05, 3.63) is 64.7 Å². The second kappa shape index (κ2) is 10.6. The van der Waals surface area contributed by atoms with Crippen LogP contribution in [0.5, 0.6) is 11.5 Å². The maximum Gasteiger partial charge on any atom is 0.513 e. The van der Waals surface area contributed by atoms with Crippen molar-refractivity contribution in [2.24, 2.45) is 0 Å². The van der Waals surface area contributed by atoms with Crippen molar-refractivity contribution in [1.29, 1.82) is 0 Å². The number of nitrogens with one attached hydrogen (secondary N) is 1. The number of hydrogen-bond acceptors (Lipinski definition) is 7. The largest absolute Gasteiger partial charge is 0.513 e. The summed E-state index contributed by atoms with van der Waals surface area (Å²) in [7, 11) is -3.96. The summed E-state index contributed by atoms with van der Waals surface area (Å²) in [4.78, 5) is 22.6. The Balaban J connectivity index is 1.67. The number of non-ortho nitro benzene ring substituents is 1. The van der Waals surface area contributed by atoms with Crippen molar-refractivity contribution in [2.45, 2.75) is 37.4 Å². The van der Waals surface area contributed by atoms with Crippen LogP contribution in [0.4, 0.5) is 5.69 Å². The lowest BCUT2D eigenvalue weighted by Gasteiger charge is -2.22. The van der Waals surface area contributed by atoms with E-state index < -0.39 is 12.7 Å². The Morgan fingerprint density at radius 1 is 1.03 bits per heavy atom. The van der Waals surface area contributed by atoms with Gasteiger partial charge in [0.1, 0.15) is 11.5 Å². The number of nitro groups is 1. The molecule has 0 saturated heterocycles. The van der Waals surface area contributed by atoms with Crippen molar-refractivity contribution in [3.63, 3.8) is 0 Å². The van der Waals surface area contributed by atoms with Crippen LogP contribution in [-0.2, 0) is 9.36 Å². The number of nitrogens with zero attached hydrogens (tertiary/aromatic N) is 1. The highest BCUT2D eigenvalue weighted by Crippen LogP contribution is 2.45. The van der Waals surface area contributed by atoms with E-state index in [9.17, 15) is 19.5 Å². The molecule has 160 valence electrons. The minimum Gasteiger partial charge on any atom is -0.405 e. The van der Waals surface area contributed by atoms with Crippen LogP contribution in [-0.4, -0.2) is 21.8 Å². The van der Waals surface area contributed by atoms with E-state index in [1.165, 1.54) is 42.4 Å². The fourth-order valence-electron chi connectivity index (χ4n) is 3.04. The van der Waals surface area contributed by atoms with Gasteiger partial charge in [0.05, 0.1) is 11.5 Å². The number of benzene rings is 2. The highest BCUT2D eigenvalue weighted by atomic mass is 32.2. The fraction of sp³-hybridized carbons (Fsp3) is 0.350. The van der Waals surface area contributed by atoms with E-state index in [-0.39, 0.29) is 28.3 Å². The van der Waals surface area contributed by atoms with Gasteiger partial charge in [-0.25, -0.2) is 4.57 Å². The van der Waals surface area contributed by atoms with Gasteiger partial charge in [0.25, 0.3) is 5.69 Å². The van der Waals surface area contributed by atoms with Crippen LogP contribution in [0.2, 0.25) is 0 Å². The summed E-state index contributed by atoms with van der Waals surface area (Å²) in [5.74, 6) is 0.433. The Kier molecular flexibility index (Phi) is 7.90. The number of carbonyl (C=O) groups is 1. The highest BCUT2D eigenvalue weighted by molar-refractivity contribution is 8.14. The third-order valence-electron chi connectivity index (χ3n) is 4.51. The molecule has 30 heavy (non-hydrogen) atoms. The molecule has 2 aromatic rings. The standard InChI is InChI=1S/C20H23N2O6PS/c23-20(30-19-9-5-2-6-10-19)15-21-29(26,27-17-7-3-1-4-8-17)28-18-13-11-16(12-14-18)22(24)25/h1,3-4,7-8,11-14,19H,2,5-6,9-10,15H2,(H,21,26). The normalized spacial score (nSPS) is 16.4. The van der Waals surface area contributed by atoms with Gasteiger partial charge in [0.15, 0.2) is 0 Å². The number of rotatable bonds is 9. The van der Waals surface area contributed by atoms with Crippen LogP contribution in [0.1, 0.15) is 32.1 Å². The molecule has 1 saturated carbocycles. The van der Waals surface area contributed by atoms with Crippen LogP contribution in [0, 0.1) is 10.1 Å². The molecule has 0 aliphatic heterocycles. The van der Waals surface area contributed by atoms with Gasteiger partial charge in [-0.1, -0.05) is 49.2 Å². The maximum atomic E-state index is 13.3. The molecule has 8 nitrogen and oxygen atoms in total. The smallest absolute Gasteiger partial charge is 0.405 e. The maximum absolute atomic E-state index is 13.3. The first-order valence-corrected chi connectivity index (χ1v) is 12.1. The number of nitro benzene ring substituents is 1. The van der Waals surface area contributed by atoms with Crippen molar-refractivity contribution in [3.8, 4) is 11.5 Å².